The second kappa shape index (κ2) is 4.84. The summed E-state index contributed by atoms with van der Waals surface area (Å²) in [5, 5.41) is 41.5. The highest BCUT2D eigenvalue weighted by atomic mass is 16.6. The Balaban J connectivity index is 2.34. The summed E-state index contributed by atoms with van der Waals surface area (Å²) < 4.78 is 0. The van der Waals surface area contributed by atoms with E-state index in [1.54, 1.807) is 0 Å². The lowest BCUT2D eigenvalue weighted by Gasteiger charge is -2.18. The third-order valence-electron chi connectivity index (χ3n) is 3.61. The fraction of sp³-hybridized carbons (Fsp3) is 0. The number of nitrogens with zero attached hydrogens (tertiary/aromatic N) is 2. The van der Waals surface area contributed by atoms with Gasteiger partial charge in [-0.2, -0.15) is 0 Å². The van der Waals surface area contributed by atoms with Crippen LogP contribution in [0, 0.1) is 20.2 Å². The molecule has 1 aliphatic carbocycles. The Bertz CT molecular complexity index is 977. The molecule has 2 N–H and O–H groups in total. The van der Waals surface area contributed by atoms with Crippen molar-refractivity contribution in [3.05, 3.63) is 66.7 Å². The van der Waals surface area contributed by atoms with E-state index in [9.17, 15) is 40.0 Å². The number of non-ortho nitro benzene ring substituents is 1. The zero-order valence-corrected chi connectivity index (χ0v) is 11.5. The molecule has 10 nitrogen and oxygen atoms in total. The first-order chi connectivity index (χ1) is 11.2. The number of hydrogen-bond acceptors (Lipinski definition) is 8. The van der Waals surface area contributed by atoms with E-state index in [2.05, 4.69) is 0 Å². The average Bonchev–Trinajstić information content (AvgIpc) is 2.53. The SMILES string of the molecule is O=C1c2cc([N+](=O)[O-])ccc2C(=O)c2c(O)c([N+](=O)[O-])cc(O)c21. The molecule has 10 heteroatoms. The molecule has 3 rings (SSSR count). The van der Waals surface area contributed by atoms with Crippen molar-refractivity contribution >= 4 is 22.9 Å². The quantitative estimate of drug-likeness (QED) is 0.407. The summed E-state index contributed by atoms with van der Waals surface area (Å²) >= 11 is 0. The number of aromatic hydroxyl groups is 2. The van der Waals surface area contributed by atoms with Gasteiger partial charge in [-0.1, -0.05) is 0 Å². The van der Waals surface area contributed by atoms with E-state index < -0.39 is 55.4 Å². The summed E-state index contributed by atoms with van der Waals surface area (Å²) in [6.07, 6.45) is 0. The van der Waals surface area contributed by atoms with Gasteiger partial charge in [0.05, 0.1) is 27.0 Å². The molecule has 0 amide bonds. The first-order valence-corrected chi connectivity index (χ1v) is 6.35. The van der Waals surface area contributed by atoms with Crippen molar-refractivity contribution in [2.45, 2.75) is 0 Å². The van der Waals surface area contributed by atoms with Crippen LogP contribution in [-0.4, -0.2) is 31.6 Å². The number of hydrogen-bond donors (Lipinski definition) is 2. The Morgan fingerprint density at radius 3 is 2.04 bits per heavy atom. The average molecular weight is 330 g/mol. The highest BCUT2D eigenvalue weighted by molar-refractivity contribution is 6.30. The number of benzene rings is 2. The Kier molecular flexibility index (Phi) is 3.04. The zero-order chi connectivity index (χ0) is 17.8. The van der Waals surface area contributed by atoms with Gasteiger partial charge in [-0.05, 0) is 6.07 Å². The van der Waals surface area contributed by atoms with E-state index in [1.807, 2.05) is 0 Å². The van der Waals surface area contributed by atoms with Crippen molar-refractivity contribution in [1.82, 2.24) is 0 Å². The first kappa shape index (κ1) is 15.1. The van der Waals surface area contributed by atoms with E-state index in [4.69, 9.17) is 0 Å². The third-order valence-corrected chi connectivity index (χ3v) is 3.61. The van der Waals surface area contributed by atoms with Crippen LogP contribution in [-0.2, 0) is 0 Å². The van der Waals surface area contributed by atoms with E-state index in [-0.39, 0.29) is 11.1 Å². The van der Waals surface area contributed by atoms with Crippen LogP contribution < -0.4 is 0 Å². The van der Waals surface area contributed by atoms with Gasteiger partial charge in [-0.25, -0.2) is 0 Å². The van der Waals surface area contributed by atoms with Gasteiger partial charge in [-0.15, -0.1) is 0 Å². The Labute approximate surface area is 131 Å². The molecule has 0 aliphatic heterocycles. The molecule has 2 aromatic rings. The van der Waals surface area contributed by atoms with E-state index >= 15 is 0 Å². The molecule has 120 valence electrons. The van der Waals surface area contributed by atoms with Crippen LogP contribution in [0.3, 0.4) is 0 Å². The lowest BCUT2D eigenvalue weighted by Crippen LogP contribution is -2.21. The molecular formula is C14H6N2O8. The fourth-order valence-electron chi connectivity index (χ4n) is 2.54. The minimum Gasteiger partial charge on any atom is -0.507 e. The normalized spacial score (nSPS) is 12.5. The largest absolute Gasteiger partial charge is 0.507 e. The lowest BCUT2D eigenvalue weighted by atomic mass is 9.82. The van der Waals surface area contributed by atoms with Crippen LogP contribution in [0.5, 0.6) is 11.5 Å². The third kappa shape index (κ3) is 1.90. The van der Waals surface area contributed by atoms with Gasteiger partial charge in [0.25, 0.3) is 5.69 Å². The summed E-state index contributed by atoms with van der Waals surface area (Å²) in [6, 6.07) is 3.42. The highest BCUT2D eigenvalue weighted by Gasteiger charge is 2.38. The van der Waals surface area contributed by atoms with Crippen LogP contribution in [0.15, 0.2) is 24.3 Å². The first-order valence-electron chi connectivity index (χ1n) is 6.35. The van der Waals surface area contributed by atoms with Crippen molar-refractivity contribution in [1.29, 1.82) is 0 Å². The second-order valence-electron chi connectivity index (χ2n) is 4.92. The van der Waals surface area contributed by atoms with Crippen LogP contribution in [0.2, 0.25) is 0 Å². The molecule has 0 atom stereocenters. The lowest BCUT2D eigenvalue weighted by molar-refractivity contribution is -0.386. The molecule has 0 saturated carbocycles. The molecule has 0 radical (unpaired) electrons. The number of nitro benzene ring substituents is 2. The van der Waals surface area contributed by atoms with Crippen LogP contribution in [0.4, 0.5) is 11.4 Å². The van der Waals surface area contributed by atoms with E-state index in [1.165, 1.54) is 0 Å². The number of carbonyl (C=O) groups excluding carboxylic acids is 2. The van der Waals surface area contributed by atoms with Gasteiger partial charge in [0, 0.05) is 23.3 Å². The molecule has 0 heterocycles. The smallest absolute Gasteiger partial charge is 0.315 e. The maximum absolute atomic E-state index is 12.5. The predicted molar refractivity (Wildman–Crippen MR) is 76.4 cm³/mol. The molecule has 24 heavy (non-hydrogen) atoms. The van der Waals surface area contributed by atoms with Gasteiger partial charge in [-0.3, -0.25) is 29.8 Å². The Hall–Kier alpha value is -3.82. The van der Waals surface area contributed by atoms with E-state index in [0.29, 0.717) is 6.07 Å². The summed E-state index contributed by atoms with van der Waals surface area (Å²) in [4.78, 5) is 44.8. The number of carbonyl (C=O) groups is 2. The maximum Gasteiger partial charge on any atom is 0.315 e. The van der Waals surface area contributed by atoms with Gasteiger partial charge < -0.3 is 10.2 Å². The van der Waals surface area contributed by atoms with Crippen molar-refractivity contribution in [2.75, 3.05) is 0 Å². The highest BCUT2D eigenvalue weighted by Crippen LogP contribution is 2.43. The van der Waals surface area contributed by atoms with E-state index in [0.717, 1.165) is 18.2 Å². The molecule has 1 aliphatic rings. The van der Waals surface area contributed by atoms with Crippen LogP contribution >= 0.6 is 0 Å². The molecule has 0 fully saturated rings. The molecule has 0 aromatic heterocycles. The summed E-state index contributed by atoms with van der Waals surface area (Å²) in [5.41, 5.74) is -3.29. The van der Waals surface area contributed by atoms with Gasteiger partial charge in [0.15, 0.2) is 11.6 Å². The Morgan fingerprint density at radius 2 is 1.46 bits per heavy atom. The number of phenolic OH excluding ortho intramolecular Hbond substituents is 2. The minimum absolute atomic E-state index is 0.256. The van der Waals surface area contributed by atoms with Crippen molar-refractivity contribution in [3.8, 4) is 11.5 Å². The van der Waals surface area contributed by atoms with Gasteiger partial charge >= 0.3 is 5.69 Å². The van der Waals surface area contributed by atoms with Crippen LogP contribution in [0.25, 0.3) is 0 Å². The molecule has 2 aromatic carbocycles. The molecule has 0 unspecified atom stereocenters. The van der Waals surface area contributed by atoms with Crippen molar-refractivity contribution < 1.29 is 29.6 Å². The van der Waals surface area contributed by atoms with Crippen molar-refractivity contribution in [3.63, 3.8) is 0 Å². The second-order valence-corrected chi connectivity index (χ2v) is 4.92. The summed E-state index contributed by atoms with van der Waals surface area (Å²) in [6.45, 7) is 0. The minimum atomic E-state index is -1.05. The molecule has 0 bridgehead atoms. The summed E-state index contributed by atoms with van der Waals surface area (Å²) in [5.74, 6) is -3.82. The molecule has 0 saturated heterocycles. The van der Waals surface area contributed by atoms with Gasteiger partial charge in [0.1, 0.15) is 5.75 Å². The van der Waals surface area contributed by atoms with Gasteiger partial charge in [0.2, 0.25) is 5.75 Å². The summed E-state index contributed by atoms with van der Waals surface area (Å²) in [7, 11) is 0. The number of fused-ring (bicyclic) bond motifs is 2. The number of phenols is 2. The number of ketones is 2. The monoisotopic (exact) mass is 330 g/mol. The fourth-order valence-corrected chi connectivity index (χ4v) is 2.54. The maximum atomic E-state index is 12.5. The molecule has 0 spiro atoms. The number of rotatable bonds is 2. The zero-order valence-electron chi connectivity index (χ0n) is 11.5. The predicted octanol–water partition coefficient (Wildman–Crippen LogP) is 1.69. The van der Waals surface area contributed by atoms with Crippen LogP contribution in [0.1, 0.15) is 31.8 Å². The Morgan fingerprint density at radius 1 is 0.833 bits per heavy atom. The number of nitro groups is 2. The van der Waals surface area contributed by atoms with Crippen molar-refractivity contribution in [2.24, 2.45) is 0 Å². The molecular weight excluding hydrogens is 324 g/mol. The standard InChI is InChI=1S/C14H6N2O8/c17-9-4-8(16(23)24)14(20)11-10(9)13(19)7-3-5(15(21)22)1-2-6(7)12(11)18/h1-4,17,20H. The topological polar surface area (TPSA) is 161 Å².